The Morgan fingerprint density at radius 3 is 2.36 bits per heavy atom. The predicted molar refractivity (Wildman–Crippen MR) is 113 cm³/mol. The Balaban J connectivity index is 1.35. The lowest BCUT2D eigenvalue weighted by Crippen LogP contribution is -2.45. The van der Waals surface area contributed by atoms with E-state index in [1.165, 1.54) is 43.6 Å². The minimum absolute atomic E-state index is 0.0767. The first-order valence-electron chi connectivity index (χ1n) is 10.4. The molecular weight excluding hydrogens is 368 g/mol. The lowest BCUT2D eigenvalue weighted by molar-refractivity contribution is 0.0898. The zero-order valence-electron chi connectivity index (χ0n) is 16.2. The summed E-state index contributed by atoms with van der Waals surface area (Å²) in [6.07, 6.45) is 7.51. The van der Waals surface area contributed by atoms with Gasteiger partial charge in [0.05, 0.1) is 10.4 Å². The molecule has 4 nitrogen and oxygen atoms in total. The van der Waals surface area contributed by atoms with Gasteiger partial charge < -0.3 is 10.2 Å². The van der Waals surface area contributed by atoms with Crippen molar-refractivity contribution in [3.05, 3.63) is 57.8 Å². The summed E-state index contributed by atoms with van der Waals surface area (Å²) in [6.45, 7) is 3.33. The van der Waals surface area contributed by atoms with Gasteiger partial charge in [0.1, 0.15) is 0 Å². The molecule has 148 valence electrons. The van der Waals surface area contributed by atoms with Crippen LogP contribution in [-0.2, 0) is 0 Å². The summed E-state index contributed by atoms with van der Waals surface area (Å²) in [5.41, 5.74) is 0.968. The van der Waals surface area contributed by atoms with E-state index in [4.69, 9.17) is 0 Å². The van der Waals surface area contributed by atoms with E-state index in [0.717, 1.165) is 31.8 Å². The first-order valence-corrected chi connectivity index (χ1v) is 11.3. The molecule has 2 heterocycles. The Labute approximate surface area is 170 Å². The minimum Gasteiger partial charge on any atom is -0.349 e. The number of likely N-dealkylation sites (tertiary alicyclic amines) is 1. The van der Waals surface area contributed by atoms with E-state index in [0.29, 0.717) is 16.0 Å². The Bertz CT molecular complexity index is 804. The van der Waals surface area contributed by atoms with Crippen LogP contribution in [0.2, 0.25) is 0 Å². The summed E-state index contributed by atoms with van der Waals surface area (Å²) in [5, 5.41) is 5.06. The van der Waals surface area contributed by atoms with Crippen molar-refractivity contribution in [3.8, 4) is 0 Å². The van der Waals surface area contributed by atoms with Crippen LogP contribution in [0, 0.1) is 5.92 Å². The van der Waals surface area contributed by atoms with Gasteiger partial charge in [-0.05, 0) is 49.1 Å². The highest BCUT2D eigenvalue weighted by Gasteiger charge is 2.26. The molecular formula is C23H28N2O2S. The van der Waals surface area contributed by atoms with E-state index in [1.54, 1.807) is 12.1 Å². The first-order chi connectivity index (χ1) is 13.7. The average molecular weight is 397 g/mol. The maximum atomic E-state index is 12.9. The third-order valence-electron chi connectivity index (χ3n) is 6.08. The van der Waals surface area contributed by atoms with Gasteiger partial charge in [-0.1, -0.05) is 37.1 Å². The zero-order valence-corrected chi connectivity index (χ0v) is 17.0. The number of rotatable bonds is 6. The number of amides is 1. The number of piperidine rings is 1. The lowest BCUT2D eigenvalue weighted by atomic mass is 9.99. The number of hydrogen-bond donors (Lipinski definition) is 1. The van der Waals surface area contributed by atoms with E-state index >= 15 is 0 Å². The highest BCUT2D eigenvalue weighted by molar-refractivity contribution is 7.12. The molecule has 1 amide bonds. The van der Waals surface area contributed by atoms with Crippen LogP contribution in [-0.4, -0.2) is 42.3 Å². The summed E-state index contributed by atoms with van der Waals surface area (Å²) < 4.78 is 0. The van der Waals surface area contributed by atoms with Crippen molar-refractivity contribution in [3.63, 3.8) is 0 Å². The number of ketones is 1. The van der Waals surface area contributed by atoms with E-state index in [1.807, 2.05) is 29.6 Å². The fraction of sp³-hybridized carbons (Fsp3) is 0.478. The van der Waals surface area contributed by atoms with Crippen LogP contribution in [0.1, 0.15) is 64.1 Å². The van der Waals surface area contributed by atoms with Gasteiger partial charge in [0.25, 0.3) is 5.91 Å². The highest BCUT2D eigenvalue weighted by Crippen LogP contribution is 2.26. The summed E-state index contributed by atoms with van der Waals surface area (Å²) in [5.74, 6) is 0.670. The van der Waals surface area contributed by atoms with Gasteiger partial charge in [0, 0.05) is 31.2 Å². The maximum Gasteiger partial charge on any atom is 0.252 e. The normalized spacial score (nSPS) is 19.0. The average Bonchev–Trinajstić information content (AvgIpc) is 3.43. The second-order valence-corrected chi connectivity index (χ2v) is 9.00. The number of nitrogens with one attached hydrogen (secondary N) is 1. The molecule has 1 saturated heterocycles. The molecule has 4 rings (SSSR count). The highest BCUT2D eigenvalue weighted by atomic mass is 32.1. The standard InChI is InChI=1S/C23H28N2O2S/c26-22(21-10-5-15-28-21)19-8-3-4-9-20(19)23(27)24-18-11-13-25(14-12-18)16-17-6-1-2-7-17/h3-5,8-10,15,17-18H,1-2,6-7,11-14,16H2,(H,24,27). The Morgan fingerprint density at radius 2 is 1.68 bits per heavy atom. The van der Waals surface area contributed by atoms with Crippen LogP contribution in [0.5, 0.6) is 0 Å². The molecule has 1 saturated carbocycles. The van der Waals surface area contributed by atoms with Crippen molar-refractivity contribution in [2.75, 3.05) is 19.6 Å². The summed E-state index contributed by atoms with van der Waals surface area (Å²) in [6, 6.07) is 11.0. The number of benzene rings is 1. The largest absolute Gasteiger partial charge is 0.349 e. The molecule has 28 heavy (non-hydrogen) atoms. The van der Waals surface area contributed by atoms with E-state index < -0.39 is 0 Å². The van der Waals surface area contributed by atoms with Gasteiger partial charge in [0.15, 0.2) is 0 Å². The maximum absolute atomic E-state index is 12.9. The SMILES string of the molecule is O=C(NC1CCN(CC2CCCC2)CC1)c1ccccc1C(=O)c1cccs1. The third-order valence-corrected chi connectivity index (χ3v) is 6.94. The second-order valence-electron chi connectivity index (χ2n) is 8.05. The van der Waals surface area contributed by atoms with E-state index in [2.05, 4.69) is 10.2 Å². The summed E-state index contributed by atoms with van der Waals surface area (Å²) >= 11 is 1.41. The lowest BCUT2D eigenvalue weighted by Gasteiger charge is -2.34. The number of hydrogen-bond acceptors (Lipinski definition) is 4. The molecule has 1 aromatic heterocycles. The Morgan fingerprint density at radius 1 is 0.964 bits per heavy atom. The molecule has 0 radical (unpaired) electrons. The first kappa shape index (κ1) is 19.3. The topological polar surface area (TPSA) is 49.4 Å². The van der Waals surface area contributed by atoms with Crippen molar-refractivity contribution < 1.29 is 9.59 Å². The van der Waals surface area contributed by atoms with Crippen LogP contribution < -0.4 is 5.32 Å². The smallest absolute Gasteiger partial charge is 0.252 e. The van der Waals surface area contributed by atoms with Crippen molar-refractivity contribution in [2.24, 2.45) is 5.92 Å². The second kappa shape index (κ2) is 9.01. The molecule has 2 fully saturated rings. The van der Waals surface area contributed by atoms with Crippen LogP contribution in [0.25, 0.3) is 0 Å². The van der Waals surface area contributed by atoms with Gasteiger partial charge in [-0.2, -0.15) is 0 Å². The van der Waals surface area contributed by atoms with Gasteiger partial charge in [-0.25, -0.2) is 0 Å². The van der Waals surface area contributed by atoms with Crippen LogP contribution in [0.15, 0.2) is 41.8 Å². The minimum atomic E-state index is -0.130. The van der Waals surface area contributed by atoms with E-state index in [-0.39, 0.29) is 17.7 Å². The molecule has 2 aliphatic rings. The van der Waals surface area contributed by atoms with Gasteiger partial charge in [-0.15, -0.1) is 11.3 Å². The Kier molecular flexibility index (Phi) is 6.23. The van der Waals surface area contributed by atoms with Crippen LogP contribution in [0.3, 0.4) is 0 Å². The zero-order chi connectivity index (χ0) is 19.3. The molecule has 0 bridgehead atoms. The predicted octanol–water partition coefficient (Wildman–Crippen LogP) is 4.36. The third kappa shape index (κ3) is 4.53. The van der Waals surface area contributed by atoms with Crippen molar-refractivity contribution >= 4 is 23.0 Å². The molecule has 1 aliphatic carbocycles. The molecule has 1 aromatic carbocycles. The van der Waals surface area contributed by atoms with Gasteiger partial charge in [0.2, 0.25) is 5.78 Å². The van der Waals surface area contributed by atoms with Gasteiger partial charge >= 0.3 is 0 Å². The summed E-state index contributed by atoms with van der Waals surface area (Å²) in [4.78, 5) is 28.9. The Hall–Kier alpha value is -1.98. The van der Waals surface area contributed by atoms with Gasteiger partial charge in [-0.3, -0.25) is 9.59 Å². The number of carbonyl (C=O) groups is 2. The van der Waals surface area contributed by atoms with Crippen molar-refractivity contribution in [2.45, 2.75) is 44.6 Å². The number of nitrogens with zero attached hydrogens (tertiary/aromatic N) is 1. The van der Waals surface area contributed by atoms with Crippen LogP contribution >= 0.6 is 11.3 Å². The molecule has 5 heteroatoms. The molecule has 1 aliphatic heterocycles. The molecule has 0 spiro atoms. The monoisotopic (exact) mass is 396 g/mol. The fourth-order valence-electron chi connectivity index (χ4n) is 4.50. The summed E-state index contributed by atoms with van der Waals surface area (Å²) in [7, 11) is 0. The molecule has 0 unspecified atom stereocenters. The number of thiophene rings is 1. The quantitative estimate of drug-likeness (QED) is 0.738. The fourth-order valence-corrected chi connectivity index (χ4v) is 5.18. The molecule has 2 aromatic rings. The molecule has 1 N–H and O–H groups in total. The van der Waals surface area contributed by atoms with Crippen molar-refractivity contribution in [1.29, 1.82) is 0 Å². The molecule has 0 atom stereocenters. The number of carbonyl (C=O) groups excluding carboxylic acids is 2. The van der Waals surface area contributed by atoms with Crippen LogP contribution in [0.4, 0.5) is 0 Å². The van der Waals surface area contributed by atoms with Crippen molar-refractivity contribution in [1.82, 2.24) is 10.2 Å². The van der Waals surface area contributed by atoms with E-state index in [9.17, 15) is 9.59 Å².